The molecule has 28 heavy (non-hydrogen) atoms. The Morgan fingerprint density at radius 2 is 1.18 bits per heavy atom. The van der Waals surface area contributed by atoms with Crippen molar-refractivity contribution in [2.75, 3.05) is 0 Å². The lowest BCUT2D eigenvalue weighted by atomic mass is 9.89. The Morgan fingerprint density at radius 1 is 0.643 bits per heavy atom. The number of nitrogens with zero attached hydrogens (tertiary/aromatic N) is 4. The average molecular weight is 358 g/mol. The lowest BCUT2D eigenvalue weighted by Crippen LogP contribution is -1.93. The smallest absolute Gasteiger partial charge is 0.116 e. The summed E-state index contributed by atoms with van der Waals surface area (Å²) in [4.78, 5) is 8.51. The molecule has 0 radical (unpaired) electrons. The Kier molecular flexibility index (Phi) is 4.61. The first kappa shape index (κ1) is 17.1. The second-order valence-electron chi connectivity index (χ2n) is 6.20. The Labute approximate surface area is 163 Å². The molecule has 4 aromatic rings. The molecule has 0 unspecified atom stereocenters. The number of hydrogen-bond donors (Lipinski definition) is 0. The molecule has 0 spiro atoms. The maximum Gasteiger partial charge on any atom is 0.116 e. The molecule has 0 N–H and O–H groups in total. The number of hydrogen-bond acceptors (Lipinski definition) is 4. The molecule has 1 aromatic heterocycles. The Morgan fingerprint density at radius 3 is 1.61 bits per heavy atom. The lowest BCUT2D eigenvalue weighted by molar-refractivity contribution is 1.17. The summed E-state index contributed by atoms with van der Waals surface area (Å²) in [6.07, 6.45) is 3.26. The third kappa shape index (κ3) is 3.23. The Bertz CT molecular complexity index is 1120. The fraction of sp³-hybridized carbons (Fsp3) is 0. The highest BCUT2D eigenvalue weighted by Crippen LogP contribution is 2.39. The molecule has 130 valence electrons. The third-order valence-corrected chi connectivity index (χ3v) is 4.55. The summed E-state index contributed by atoms with van der Waals surface area (Å²) in [5.41, 5.74) is 7.08. The van der Waals surface area contributed by atoms with E-state index in [4.69, 9.17) is 10.5 Å². The van der Waals surface area contributed by atoms with Crippen LogP contribution in [0, 0.1) is 22.7 Å². The highest BCUT2D eigenvalue weighted by molar-refractivity contribution is 5.93. The fourth-order valence-corrected chi connectivity index (χ4v) is 3.20. The molecule has 0 aliphatic heterocycles. The highest BCUT2D eigenvalue weighted by Gasteiger charge is 2.15. The summed E-state index contributed by atoms with van der Waals surface area (Å²) in [6.45, 7) is 0. The molecule has 4 rings (SSSR count). The van der Waals surface area contributed by atoms with Crippen LogP contribution < -0.4 is 0 Å². The molecule has 0 bridgehead atoms. The van der Waals surface area contributed by atoms with Gasteiger partial charge in [0, 0.05) is 11.8 Å². The van der Waals surface area contributed by atoms with E-state index < -0.39 is 0 Å². The van der Waals surface area contributed by atoms with E-state index in [9.17, 15) is 0 Å². The van der Waals surface area contributed by atoms with Gasteiger partial charge in [-0.3, -0.25) is 0 Å². The standard InChI is InChI=1S/C24H14N4/c25-14-17-4-8-19(9-5-17)21-2-1-3-22(20-10-6-18(15-26)7-11-20)24(21)23-12-13-27-16-28-23/h1-13,16H. The van der Waals surface area contributed by atoms with Crippen LogP contribution in [0.15, 0.2) is 85.3 Å². The fourth-order valence-electron chi connectivity index (χ4n) is 3.20. The first-order valence-corrected chi connectivity index (χ1v) is 8.70. The quantitative estimate of drug-likeness (QED) is 0.503. The second-order valence-corrected chi connectivity index (χ2v) is 6.20. The summed E-state index contributed by atoms with van der Waals surface area (Å²) < 4.78 is 0. The van der Waals surface area contributed by atoms with Gasteiger partial charge >= 0.3 is 0 Å². The zero-order chi connectivity index (χ0) is 19.3. The number of benzene rings is 3. The van der Waals surface area contributed by atoms with E-state index in [1.807, 2.05) is 72.8 Å². The van der Waals surface area contributed by atoms with Crippen LogP contribution in [-0.4, -0.2) is 9.97 Å². The van der Waals surface area contributed by atoms with Gasteiger partial charge in [0.2, 0.25) is 0 Å². The molecular formula is C24H14N4. The van der Waals surface area contributed by atoms with Gasteiger partial charge in [0.25, 0.3) is 0 Å². The molecule has 0 saturated carbocycles. The lowest BCUT2D eigenvalue weighted by Gasteiger charge is -2.15. The van der Waals surface area contributed by atoms with Crippen molar-refractivity contribution in [2.24, 2.45) is 0 Å². The third-order valence-electron chi connectivity index (χ3n) is 4.55. The number of aromatic nitrogens is 2. The van der Waals surface area contributed by atoms with Crippen LogP contribution in [0.3, 0.4) is 0 Å². The van der Waals surface area contributed by atoms with E-state index >= 15 is 0 Å². The molecule has 1 heterocycles. The maximum absolute atomic E-state index is 9.08. The number of rotatable bonds is 3. The Balaban J connectivity index is 1.96. The van der Waals surface area contributed by atoms with E-state index in [-0.39, 0.29) is 0 Å². The van der Waals surface area contributed by atoms with Gasteiger partial charge in [-0.2, -0.15) is 10.5 Å². The number of nitriles is 2. The molecule has 0 aliphatic rings. The van der Waals surface area contributed by atoms with Gasteiger partial charge in [0.15, 0.2) is 0 Å². The van der Waals surface area contributed by atoms with Gasteiger partial charge < -0.3 is 0 Å². The maximum atomic E-state index is 9.08. The van der Waals surface area contributed by atoms with Crippen molar-refractivity contribution >= 4 is 0 Å². The van der Waals surface area contributed by atoms with E-state index in [2.05, 4.69) is 22.1 Å². The zero-order valence-electron chi connectivity index (χ0n) is 14.9. The van der Waals surface area contributed by atoms with Gasteiger partial charge in [-0.1, -0.05) is 42.5 Å². The summed E-state index contributed by atoms with van der Waals surface area (Å²) in [5, 5.41) is 18.2. The molecule has 0 fully saturated rings. The molecular weight excluding hydrogens is 344 g/mol. The SMILES string of the molecule is N#Cc1ccc(-c2cccc(-c3ccc(C#N)cc3)c2-c2ccncn2)cc1. The summed E-state index contributed by atoms with van der Waals surface area (Å²) in [5.74, 6) is 0. The molecule has 4 heteroatoms. The van der Waals surface area contributed by atoms with Gasteiger partial charge in [-0.05, 0) is 52.6 Å². The van der Waals surface area contributed by atoms with Gasteiger partial charge in [-0.15, -0.1) is 0 Å². The predicted molar refractivity (Wildman–Crippen MR) is 108 cm³/mol. The van der Waals surface area contributed by atoms with Crippen molar-refractivity contribution in [3.8, 4) is 45.6 Å². The van der Waals surface area contributed by atoms with E-state index in [0.29, 0.717) is 11.1 Å². The van der Waals surface area contributed by atoms with Crippen LogP contribution in [0.4, 0.5) is 0 Å². The van der Waals surface area contributed by atoms with Crippen LogP contribution in [-0.2, 0) is 0 Å². The van der Waals surface area contributed by atoms with Gasteiger partial charge in [0.05, 0.1) is 29.0 Å². The van der Waals surface area contributed by atoms with Crippen molar-refractivity contribution in [3.05, 3.63) is 96.4 Å². The van der Waals surface area contributed by atoms with E-state index in [0.717, 1.165) is 33.5 Å². The van der Waals surface area contributed by atoms with E-state index in [1.165, 1.54) is 6.33 Å². The first-order valence-electron chi connectivity index (χ1n) is 8.70. The second kappa shape index (κ2) is 7.53. The normalized spacial score (nSPS) is 10.1. The van der Waals surface area contributed by atoms with Crippen LogP contribution in [0.2, 0.25) is 0 Å². The van der Waals surface area contributed by atoms with Crippen molar-refractivity contribution in [3.63, 3.8) is 0 Å². The summed E-state index contributed by atoms with van der Waals surface area (Å²) >= 11 is 0. The zero-order valence-corrected chi connectivity index (χ0v) is 14.9. The predicted octanol–water partition coefficient (Wildman–Crippen LogP) is 5.22. The summed E-state index contributed by atoms with van der Waals surface area (Å²) in [6, 6.07) is 27.3. The minimum Gasteiger partial charge on any atom is -0.245 e. The van der Waals surface area contributed by atoms with Crippen molar-refractivity contribution in [1.29, 1.82) is 10.5 Å². The van der Waals surface area contributed by atoms with Crippen LogP contribution >= 0.6 is 0 Å². The molecule has 4 nitrogen and oxygen atoms in total. The van der Waals surface area contributed by atoms with Gasteiger partial charge in [-0.25, -0.2) is 9.97 Å². The van der Waals surface area contributed by atoms with Gasteiger partial charge in [0.1, 0.15) is 6.33 Å². The van der Waals surface area contributed by atoms with E-state index in [1.54, 1.807) is 6.20 Å². The first-order chi connectivity index (χ1) is 13.8. The van der Waals surface area contributed by atoms with Crippen LogP contribution in [0.25, 0.3) is 33.5 Å². The molecule has 3 aromatic carbocycles. The monoisotopic (exact) mass is 358 g/mol. The average Bonchev–Trinajstić information content (AvgIpc) is 2.79. The highest BCUT2D eigenvalue weighted by atomic mass is 14.8. The summed E-state index contributed by atoms with van der Waals surface area (Å²) in [7, 11) is 0. The minimum atomic E-state index is 0.621. The molecule has 0 atom stereocenters. The molecule has 0 aliphatic carbocycles. The topological polar surface area (TPSA) is 73.4 Å². The molecule has 0 saturated heterocycles. The van der Waals surface area contributed by atoms with Crippen molar-refractivity contribution in [1.82, 2.24) is 9.97 Å². The van der Waals surface area contributed by atoms with Crippen LogP contribution in [0.1, 0.15) is 11.1 Å². The minimum absolute atomic E-state index is 0.621. The molecule has 0 amide bonds. The van der Waals surface area contributed by atoms with Crippen molar-refractivity contribution < 1.29 is 0 Å². The largest absolute Gasteiger partial charge is 0.245 e. The van der Waals surface area contributed by atoms with Crippen molar-refractivity contribution in [2.45, 2.75) is 0 Å². The van der Waals surface area contributed by atoms with Crippen LogP contribution in [0.5, 0.6) is 0 Å². The Hall–Kier alpha value is -4.28.